The zero-order chi connectivity index (χ0) is 17.9. The summed E-state index contributed by atoms with van der Waals surface area (Å²) in [5, 5.41) is 16.6. The number of benzene rings is 1. The van der Waals surface area contributed by atoms with E-state index in [0.29, 0.717) is 6.61 Å². The summed E-state index contributed by atoms with van der Waals surface area (Å²) in [5.74, 6) is 0. The van der Waals surface area contributed by atoms with E-state index in [-0.39, 0.29) is 23.4 Å². The molecule has 5 atom stereocenters. The molecule has 4 rings (SSSR count). The van der Waals surface area contributed by atoms with E-state index in [4.69, 9.17) is 9.47 Å². The van der Waals surface area contributed by atoms with Gasteiger partial charge in [0.15, 0.2) is 6.29 Å². The number of aliphatic hydroxyl groups excluding tert-OH is 1. The van der Waals surface area contributed by atoms with Crippen molar-refractivity contribution < 1.29 is 19.4 Å². The molecular formula is C19H26N2O4S. The highest BCUT2D eigenvalue weighted by Gasteiger charge is 2.51. The van der Waals surface area contributed by atoms with Crippen LogP contribution in [0.25, 0.3) is 0 Å². The minimum atomic E-state index is -0.733. The fourth-order valence-electron chi connectivity index (χ4n) is 3.97. The molecule has 0 radical (unpaired) electrons. The van der Waals surface area contributed by atoms with E-state index in [2.05, 4.69) is 10.6 Å². The van der Waals surface area contributed by atoms with Gasteiger partial charge < -0.3 is 25.2 Å². The SMILES string of the molecule is O=C(NC1CCCCC1)NC1C2COC(O2)C(Sc2ccccc2)C1O. The molecular weight excluding hydrogens is 352 g/mol. The number of nitrogens with one attached hydrogen (secondary N) is 2. The van der Waals surface area contributed by atoms with Crippen molar-refractivity contribution in [3.05, 3.63) is 30.3 Å². The average Bonchev–Trinajstić information content (AvgIpc) is 3.10. The van der Waals surface area contributed by atoms with Crippen molar-refractivity contribution in [2.24, 2.45) is 0 Å². The van der Waals surface area contributed by atoms with Gasteiger partial charge in [-0.25, -0.2) is 4.79 Å². The van der Waals surface area contributed by atoms with Crippen LogP contribution in [0.2, 0.25) is 0 Å². The van der Waals surface area contributed by atoms with E-state index in [1.807, 2.05) is 30.3 Å². The molecule has 5 unspecified atom stereocenters. The van der Waals surface area contributed by atoms with Crippen molar-refractivity contribution in [2.75, 3.05) is 6.61 Å². The number of carbonyl (C=O) groups is 1. The number of carbonyl (C=O) groups excluding carboxylic acids is 1. The Morgan fingerprint density at radius 3 is 2.65 bits per heavy atom. The molecule has 3 fully saturated rings. The standard InChI is InChI=1S/C19H26N2O4S/c22-16-15(21-19(23)20-12-7-3-1-4-8-12)14-11-24-18(25-14)17(16)26-13-9-5-2-6-10-13/h2,5-6,9-10,12,14-18,22H,1,3-4,7-8,11H2,(H2,20,21,23). The van der Waals surface area contributed by atoms with Crippen LogP contribution in [-0.4, -0.2) is 53.6 Å². The van der Waals surface area contributed by atoms with E-state index < -0.39 is 18.4 Å². The van der Waals surface area contributed by atoms with Gasteiger partial charge in [0.2, 0.25) is 0 Å². The first kappa shape index (κ1) is 18.1. The van der Waals surface area contributed by atoms with Gasteiger partial charge in [-0.05, 0) is 25.0 Å². The molecule has 2 saturated heterocycles. The monoisotopic (exact) mass is 378 g/mol. The molecule has 1 saturated carbocycles. The molecule has 1 aromatic carbocycles. The first-order chi connectivity index (χ1) is 12.7. The molecule has 142 valence electrons. The molecule has 3 N–H and O–H groups in total. The summed E-state index contributed by atoms with van der Waals surface area (Å²) in [6, 6.07) is 9.41. The van der Waals surface area contributed by atoms with E-state index >= 15 is 0 Å². The summed E-state index contributed by atoms with van der Waals surface area (Å²) < 4.78 is 11.6. The summed E-state index contributed by atoms with van der Waals surface area (Å²) in [7, 11) is 0. The number of ether oxygens (including phenoxy) is 2. The number of aliphatic hydroxyl groups is 1. The maximum Gasteiger partial charge on any atom is 0.315 e. The zero-order valence-corrected chi connectivity index (χ0v) is 15.5. The van der Waals surface area contributed by atoms with Gasteiger partial charge >= 0.3 is 6.03 Å². The zero-order valence-electron chi connectivity index (χ0n) is 14.7. The third-order valence-electron chi connectivity index (χ3n) is 5.36. The third-order valence-corrected chi connectivity index (χ3v) is 6.68. The number of rotatable bonds is 4. The minimum absolute atomic E-state index is 0.224. The Hall–Kier alpha value is -1.28. The second-order valence-corrected chi connectivity index (χ2v) is 8.49. The van der Waals surface area contributed by atoms with Gasteiger partial charge in [0.25, 0.3) is 0 Å². The Balaban J connectivity index is 1.39. The molecule has 1 aliphatic carbocycles. The molecule has 7 heteroatoms. The highest BCUT2D eigenvalue weighted by Crippen LogP contribution is 2.38. The van der Waals surface area contributed by atoms with Crippen LogP contribution in [0.3, 0.4) is 0 Å². The van der Waals surface area contributed by atoms with E-state index in [1.165, 1.54) is 18.2 Å². The summed E-state index contributed by atoms with van der Waals surface area (Å²) in [5.41, 5.74) is 0. The molecule has 0 spiro atoms. The summed E-state index contributed by atoms with van der Waals surface area (Å²) in [6.07, 6.45) is 4.13. The van der Waals surface area contributed by atoms with Gasteiger partial charge in [-0.15, -0.1) is 11.8 Å². The quantitative estimate of drug-likeness (QED) is 0.749. The number of amides is 2. The van der Waals surface area contributed by atoms with E-state index in [1.54, 1.807) is 0 Å². The molecule has 0 aromatic heterocycles. The van der Waals surface area contributed by atoms with Crippen LogP contribution in [0.15, 0.2) is 35.2 Å². The number of fused-ring (bicyclic) bond motifs is 2. The fraction of sp³-hybridized carbons (Fsp3) is 0.632. The molecule has 6 nitrogen and oxygen atoms in total. The van der Waals surface area contributed by atoms with Crippen LogP contribution in [0.4, 0.5) is 4.79 Å². The largest absolute Gasteiger partial charge is 0.389 e. The van der Waals surface area contributed by atoms with Crippen LogP contribution >= 0.6 is 11.8 Å². The van der Waals surface area contributed by atoms with E-state index in [9.17, 15) is 9.90 Å². The van der Waals surface area contributed by atoms with Crippen LogP contribution in [0, 0.1) is 0 Å². The van der Waals surface area contributed by atoms with Crippen molar-refractivity contribution in [3.8, 4) is 0 Å². The van der Waals surface area contributed by atoms with Crippen LogP contribution in [-0.2, 0) is 9.47 Å². The van der Waals surface area contributed by atoms with Gasteiger partial charge in [0, 0.05) is 10.9 Å². The smallest absolute Gasteiger partial charge is 0.315 e. The Morgan fingerprint density at radius 1 is 1.12 bits per heavy atom. The molecule has 26 heavy (non-hydrogen) atoms. The van der Waals surface area contributed by atoms with Crippen LogP contribution in [0.5, 0.6) is 0 Å². The molecule has 3 aliphatic rings. The summed E-state index contributed by atoms with van der Waals surface area (Å²) in [6.45, 7) is 0.391. The second-order valence-electron chi connectivity index (χ2n) is 7.24. The molecule has 2 aliphatic heterocycles. The Morgan fingerprint density at radius 2 is 1.88 bits per heavy atom. The lowest BCUT2D eigenvalue weighted by Gasteiger charge is -2.38. The molecule has 2 heterocycles. The molecule has 2 amide bonds. The van der Waals surface area contributed by atoms with Crippen molar-refractivity contribution >= 4 is 17.8 Å². The topological polar surface area (TPSA) is 79.8 Å². The number of hydrogen-bond acceptors (Lipinski definition) is 5. The van der Waals surface area contributed by atoms with Gasteiger partial charge in [0.05, 0.1) is 24.0 Å². The van der Waals surface area contributed by atoms with Gasteiger partial charge in [-0.3, -0.25) is 0 Å². The molecule has 1 aromatic rings. The summed E-state index contributed by atoms with van der Waals surface area (Å²) in [4.78, 5) is 13.5. The van der Waals surface area contributed by atoms with Gasteiger partial charge in [-0.2, -0.15) is 0 Å². The predicted octanol–water partition coefficient (Wildman–Crippen LogP) is 2.26. The third kappa shape index (κ3) is 4.01. The van der Waals surface area contributed by atoms with Gasteiger partial charge in [0.1, 0.15) is 6.10 Å². The number of urea groups is 1. The maximum absolute atomic E-state index is 12.4. The highest BCUT2D eigenvalue weighted by atomic mass is 32.2. The van der Waals surface area contributed by atoms with E-state index in [0.717, 1.165) is 30.6 Å². The number of hydrogen-bond donors (Lipinski definition) is 3. The second kappa shape index (κ2) is 8.17. The van der Waals surface area contributed by atoms with Crippen LogP contribution < -0.4 is 10.6 Å². The van der Waals surface area contributed by atoms with Crippen molar-refractivity contribution in [2.45, 2.75) is 72.8 Å². The average molecular weight is 378 g/mol. The highest BCUT2D eigenvalue weighted by molar-refractivity contribution is 8.00. The lowest BCUT2D eigenvalue weighted by atomic mass is 9.95. The van der Waals surface area contributed by atoms with Crippen molar-refractivity contribution in [3.63, 3.8) is 0 Å². The first-order valence-corrected chi connectivity index (χ1v) is 10.3. The Kier molecular flexibility index (Phi) is 5.69. The predicted molar refractivity (Wildman–Crippen MR) is 99.0 cm³/mol. The Bertz CT molecular complexity index is 611. The first-order valence-electron chi connectivity index (χ1n) is 9.44. The normalized spacial score (nSPS) is 34.4. The maximum atomic E-state index is 12.4. The number of thioether (sulfide) groups is 1. The summed E-state index contributed by atoms with van der Waals surface area (Å²) >= 11 is 1.53. The van der Waals surface area contributed by atoms with Crippen molar-refractivity contribution in [1.29, 1.82) is 0 Å². The Labute approximate surface area is 158 Å². The van der Waals surface area contributed by atoms with Crippen LogP contribution in [0.1, 0.15) is 32.1 Å². The van der Waals surface area contributed by atoms with Gasteiger partial charge in [-0.1, -0.05) is 37.5 Å². The fourth-order valence-corrected chi connectivity index (χ4v) is 5.16. The lowest BCUT2D eigenvalue weighted by molar-refractivity contribution is -0.121. The lowest BCUT2D eigenvalue weighted by Crippen LogP contribution is -2.61. The van der Waals surface area contributed by atoms with Crippen molar-refractivity contribution in [1.82, 2.24) is 10.6 Å². The minimum Gasteiger partial charge on any atom is -0.389 e. The molecule has 2 bridgehead atoms.